The van der Waals surface area contributed by atoms with Crippen LogP contribution in [-0.2, 0) is 6.54 Å². The molecule has 25 heavy (non-hydrogen) atoms. The molecule has 1 amide bonds. The van der Waals surface area contributed by atoms with Crippen molar-refractivity contribution in [2.75, 3.05) is 7.05 Å². The number of thiazole rings is 1. The molecule has 3 aromatic heterocycles. The van der Waals surface area contributed by atoms with Gasteiger partial charge in [0.05, 0.1) is 16.8 Å². The summed E-state index contributed by atoms with van der Waals surface area (Å²) in [5.41, 5.74) is 2.69. The van der Waals surface area contributed by atoms with Crippen molar-refractivity contribution in [1.29, 1.82) is 0 Å². The van der Waals surface area contributed by atoms with Crippen molar-refractivity contribution in [2.24, 2.45) is 0 Å². The van der Waals surface area contributed by atoms with Crippen molar-refractivity contribution >= 4 is 33.2 Å². The molecule has 0 bridgehead atoms. The zero-order valence-corrected chi connectivity index (χ0v) is 14.9. The van der Waals surface area contributed by atoms with Crippen molar-refractivity contribution in [3.63, 3.8) is 0 Å². The predicted octanol–water partition coefficient (Wildman–Crippen LogP) is 2.62. The van der Waals surface area contributed by atoms with Gasteiger partial charge in [-0.1, -0.05) is 12.1 Å². The van der Waals surface area contributed by atoms with Gasteiger partial charge < -0.3 is 4.90 Å². The van der Waals surface area contributed by atoms with Crippen LogP contribution < -0.4 is 0 Å². The molecule has 126 valence electrons. The molecule has 4 rings (SSSR count). The maximum Gasteiger partial charge on any atom is 0.293 e. The Bertz CT molecular complexity index is 1070. The Morgan fingerprint density at radius 1 is 1.20 bits per heavy atom. The molecule has 0 aliphatic heterocycles. The van der Waals surface area contributed by atoms with E-state index in [1.54, 1.807) is 27.8 Å². The maximum absolute atomic E-state index is 12.7. The largest absolute Gasteiger partial charge is 0.332 e. The summed E-state index contributed by atoms with van der Waals surface area (Å²) in [6, 6.07) is 9.84. The molecule has 0 atom stereocenters. The zero-order valence-electron chi connectivity index (χ0n) is 14.1. The minimum Gasteiger partial charge on any atom is -0.332 e. The summed E-state index contributed by atoms with van der Waals surface area (Å²) in [5, 5.41) is 5.17. The third kappa shape index (κ3) is 2.85. The average Bonchev–Trinajstić information content (AvgIpc) is 3.17. The fraction of sp³-hybridized carbons (Fsp3) is 0.235. The van der Waals surface area contributed by atoms with E-state index in [0.717, 1.165) is 26.6 Å². The molecule has 7 nitrogen and oxygen atoms in total. The smallest absolute Gasteiger partial charge is 0.293 e. The SMILES string of the molecule is Cc1cc(C)n2nc(C(=O)N(C)Cc3nc4ccccc4s3)nc2n1. The minimum absolute atomic E-state index is 0.143. The van der Waals surface area contributed by atoms with Crippen molar-refractivity contribution in [3.05, 3.63) is 52.6 Å². The zero-order chi connectivity index (χ0) is 17.6. The average molecular weight is 352 g/mol. The van der Waals surface area contributed by atoms with E-state index in [0.29, 0.717) is 12.3 Å². The molecule has 0 aliphatic carbocycles. The molecule has 0 radical (unpaired) electrons. The first-order valence-electron chi connectivity index (χ1n) is 7.82. The molecule has 0 aliphatic rings. The monoisotopic (exact) mass is 352 g/mol. The highest BCUT2D eigenvalue weighted by Gasteiger charge is 2.20. The summed E-state index contributed by atoms with van der Waals surface area (Å²) >= 11 is 1.58. The molecule has 3 heterocycles. The predicted molar refractivity (Wildman–Crippen MR) is 95.7 cm³/mol. The van der Waals surface area contributed by atoms with Gasteiger partial charge in [-0.15, -0.1) is 16.4 Å². The second-order valence-corrected chi connectivity index (χ2v) is 7.04. The first kappa shape index (κ1) is 15.6. The van der Waals surface area contributed by atoms with Crippen LogP contribution in [0.5, 0.6) is 0 Å². The van der Waals surface area contributed by atoms with Gasteiger partial charge in [0.15, 0.2) is 0 Å². The van der Waals surface area contributed by atoms with E-state index in [1.165, 1.54) is 0 Å². The number of nitrogens with zero attached hydrogens (tertiary/aromatic N) is 6. The number of aryl methyl sites for hydroxylation is 2. The summed E-state index contributed by atoms with van der Waals surface area (Å²) < 4.78 is 2.70. The van der Waals surface area contributed by atoms with Crippen molar-refractivity contribution in [3.8, 4) is 0 Å². The first-order valence-corrected chi connectivity index (χ1v) is 8.64. The molecular weight excluding hydrogens is 336 g/mol. The Morgan fingerprint density at radius 2 is 2.00 bits per heavy atom. The number of aromatic nitrogens is 5. The highest BCUT2D eigenvalue weighted by atomic mass is 32.1. The number of hydrogen-bond donors (Lipinski definition) is 0. The van der Waals surface area contributed by atoms with Crippen LogP contribution >= 0.6 is 11.3 Å². The number of rotatable bonds is 3. The Kier molecular flexibility index (Phi) is 3.69. The standard InChI is InChI=1S/C17H16N6OS/c1-10-8-11(2)23-17(18-10)20-15(21-23)16(24)22(3)9-14-19-12-6-4-5-7-13(12)25-14/h4-8H,9H2,1-3H3. The van der Waals surface area contributed by atoms with E-state index < -0.39 is 0 Å². The number of fused-ring (bicyclic) bond motifs is 2. The fourth-order valence-electron chi connectivity index (χ4n) is 2.69. The Labute approximate surface area is 148 Å². The first-order chi connectivity index (χ1) is 12.0. The molecule has 0 N–H and O–H groups in total. The third-order valence-corrected chi connectivity index (χ3v) is 4.89. The van der Waals surface area contributed by atoms with Gasteiger partial charge in [-0.3, -0.25) is 4.79 Å². The number of hydrogen-bond acceptors (Lipinski definition) is 6. The highest BCUT2D eigenvalue weighted by molar-refractivity contribution is 7.18. The molecule has 0 saturated heterocycles. The van der Waals surface area contributed by atoms with E-state index in [1.807, 2.05) is 44.2 Å². The number of benzene rings is 1. The van der Waals surface area contributed by atoms with Gasteiger partial charge in [0.1, 0.15) is 5.01 Å². The second kappa shape index (κ2) is 5.89. The normalized spacial score (nSPS) is 11.3. The van der Waals surface area contributed by atoms with Gasteiger partial charge in [0.2, 0.25) is 5.82 Å². The molecular formula is C17H16N6OS. The lowest BCUT2D eigenvalue weighted by molar-refractivity contribution is 0.0773. The molecule has 0 fully saturated rings. The van der Waals surface area contributed by atoms with Crippen molar-refractivity contribution in [1.82, 2.24) is 29.5 Å². The topological polar surface area (TPSA) is 76.3 Å². The fourth-order valence-corrected chi connectivity index (χ4v) is 3.71. The number of carbonyl (C=O) groups excluding carboxylic acids is 1. The summed E-state index contributed by atoms with van der Waals surface area (Å²) in [4.78, 5) is 27.4. The van der Waals surface area contributed by atoms with E-state index in [2.05, 4.69) is 20.1 Å². The lowest BCUT2D eigenvalue weighted by Crippen LogP contribution is -2.27. The van der Waals surface area contributed by atoms with Crippen molar-refractivity contribution < 1.29 is 4.79 Å². The third-order valence-electron chi connectivity index (χ3n) is 3.87. The van der Waals surface area contributed by atoms with Crippen LogP contribution in [0, 0.1) is 13.8 Å². The van der Waals surface area contributed by atoms with Crippen LogP contribution in [-0.4, -0.2) is 42.4 Å². The highest BCUT2D eigenvalue weighted by Crippen LogP contribution is 2.22. The Hall–Kier alpha value is -2.87. The molecule has 4 aromatic rings. The summed E-state index contributed by atoms with van der Waals surface area (Å²) in [7, 11) is 1.73. The summed E-state index contributed by atoms with van der Waals surface area (Å²) in [6.45, 7) is 4.22. The number of carbonyl (C=O) groups is 1. The van der Waals surface area contributed by atoms with Gasteiger partial charge in [0, 0.05) is 18.4 Å². The van der Waals surface area contributed by atoms with Crippen LogP contribution in [0.4, 0.5) is 0 Å². The Balaban J connectivity index is 1.60. The van der Waals surface area contributed by atoms with Crippen LogP contribution in [0.2, 0.25) is 0 Å². The minimum atomic E-state index is -0.248. The van der Waals surface area contributed by atoms with E-state index in [4.69, 9.17) is 0 Å². The van der Waals surface area contributed by atoms with Gasteiger partial charge in [0.25, 0.3) is 11.7 Å². The molecule has 1 aromatic carbocycles. The van der Waals surface area contributed by atoms with Crippen LogP contribution in [0.1, 0.15) is 27.0 Å². The molecule has 0 spiro atoms. The van der Waals surface area contributed by atoms with E-state index >= 15 is 0 Å². The molecule has 8 heteroatoms. The summed E-state index contributed by atoms with van der Waals surface area (Å²) in [5.74, 6) is 0.334. The van der Waals surface area contributed by atoms with E-state index in [9.17, 15) is 4.79 Å². The lowest BCUT2D eigenvalue weighted by atomic mass is 10.3. The lowest BCUT2D eigenvalue weighted by Gasteiger charge is -2.12. The van der Waals surface area contributed by atoms with Gasteiger partial charge >= 0.3 is 0 Å². The summed E-state index contributed by atoms with van der Waals surface area (Å²) in [6.07, 6.45) is 0. The second-order valence-electron chi connectivity index (χ2n) is 5.92. The molecule has 0 saturated carbocycles. The van der Waals surface area contributed by atoms with Crippen molar-refractivity contribution in [2.45, 2.75) is 20.4 Å². The van der Waals surface area contributed by atoms with Gasteiger partial charge in [-0.05, 0) is 32.0 Å². The number of para-hydroxylation sites is 1. The quantitative estimate of drug-likeness (QED) is 0.566. The van der Waals surface area contributed by atoms with Crippen LogP contribution in [0.25, 0.3) is 16.0 Å². The Morgan fingerprint density at radius 3 is 2.80 bits per heavy atom. The van der Waals surface area contributed by atoms with Gasteiger partial charge in [-0.2, -0.15) is 4.98 Å². The van der Waals surface area contributed by atoms with Crippen LogP contribution in [0.3, 0.4) is 0 Å². The maximum atomic E-state index is 12.7. The van der Waals surface area contributed by atoms with Gasteiger partial charge in [-0.25, -0.2) is 14.5 Å². The van der Waals surface area contributed by atoms with E-state index in [-0.39, 0.29) is 11.7 Å². The number of amides is 1. The van der Waals surface area contributed by atoms with Crippen LogP contribution in [0.15, 0.2) is 30.3 Å². The molecule has 0 unspecified atom stereocenters.